The fourth-order valence-electron chi connectivity index (χ4n) is 3.40. The van der Waals surface area contributed by atoms with Crippen molar-refractivity contribution in [1.29, 1.82) is 0 Å². The summed E-state index contributed by atoms with van der Waals surface area (Å²) in [6.07, 6.45) is 2.43. The van der Waals surface area contributed by atoms with Gasteiger partial charge >= 0.3 is 0 Å². The van der Waals surface area contributed by atoms with Gasteiger partial charge in [-0.15, -0.1) is 11.3 Å². The van der Waals surface area contributed by atoms with Gasteiger partial charge in [0.2, 0.25) is 5.95 Å². The Labute approximate surface area is 173 Å². The van der Waals surface area contributed by atoms with Crippen LogP contribution in [0.3, 0.4) is 0 Å². The molecule has 1 aromatic carbocycles. The Morgan fingerprint density at radius 3 is 2.72 bits per heavy atom. The predicted octanol–water partition coefficient (Wildman–Crippen LogP) is 3.36. The summed E-state index contributed by atoms with van der Waals surface area (Å²) in [5, 5.41) is 4.98. The van der Waals surface area contributed by atoms with Gasteiger partial charge in [-0.05, 0) is 37.1 Å². The van der Waals surface area contributed by atoms with Gasteiger partial charge in [-0.25, -0.2) is 10.4 Å². The number of nitrogens with one attached hydrogen (secondary N) is 1. The third-order valence-corrected chi connectivity index (χ3v) is 6.20. The highest BCUT2D eigenvalue weighted by Gasteiger charge is 2.31. The molecule has 1 aliphatic heterocycles. The minimum absolute atomic E-state index is 0.0572. The first-order valence-corrected chi connectivity index (χ1v) is 10.3. The largest absolute Gasteiger partial charge is 0.378 e. The zero-order valence-electron chi connectivity index (χ0n) is 17.3. The molecule has 0 saturated heterocycles. The van der Waals surface area contributed by atoms with Gasteiger partial charge in [0.1, 0.15) is 4.83 Å². The van der Waals surface area contributed by atoms with E-state index in [9.17, 15) is 4.79 Å². The van der Waals surface area contributed by atoms with Crippen LogP contribution >= 0.6 is 11.3 Å². The van der Waals surface area contributed by atoms with E-state index in [2.05, 4.69) is 15.5 Å². The smallest absolute Gasteiger partial charge is 0.263 e. The summed E-state index contributed by atoms with van der Waals surface area (Å²) in [6.45, 7) is 4.62. The van der Waals surface area contributed by atoms with Crippen LogP contribution in [0.5, 0.6) is 0 Å². The summed E-state index contributed by atoms with van der Waals surface area (Å²) in [5.74, 6) is 0.419. The molecule has 7 nitrogen and oxygen atoms in total. The van der Waals surface area contributed by atoms with E-state index < -0.39 is 0 Å². The topological polar surface area (TPSA) is 71.8 Å². The third kappa shape index (κ3) is 3.77. The number of hydrazone groups is 1. The second kappa shape index (κ2) is 7.27. The molecule has 0 amide bonds. The predicted molar refractivity (Wildman–Crippen MR) is 119 cm³/mol. The number of benzene rings is 1. The molecule has 29 heavy (non-hydrogen) atoms. The number of ether oxygens (including phenoxy) is 1. The molecular formula is C21H25N5O2S. The molecule has 8 heteroatoms. The summed E-state index contributed by atoms with van der Waals surface area (Å²) in [5.41, 5.74) is 5.75. The molecule has 3 heterocycles. The van der Waals surface area contributed by atoms with Crippen molar-refractivity contribution >= 4 is 39.4 Å². The highest BCUT2D eigenvalue weighted by molar-refractivity contribution is 7.18. The Balaban J connectivity index is 1.62. The maximum atomic E-state index is 13.0. The highest BCUT2D eigenvalue weighted by atomic mass is 32.1. The molecule has 4 rings (SSSR count). The lowest BCUT2D eigenvalue weighted by atomic mass is 9.94. The molecule has 0 atom stereocenters. The average molecular weight is 412 g/mol. The molecule has 0 saturated carbocycles. The van der Waals surface area contributed by atoms with Crippen LogP contribution < -0.4 is 15.9 Å². The van der Waals surface area contributed by atoms with Crippen molar-refractivity contribution in [3.05, 3.63) is 50.6 Å². The fraction of sp³-hybridized carbons (Fsp3) is 0.381. The summed E-state index contributed by atoms with van der Waals surface area (Å²) in [7, 11) is 5.72. The third-order valence-electron chi connectivity index (χ3n) is 5.10. The molecule has 0 fully saturated rings. The lowest BCUT2D eigenvalue weighted by molar-refractivity contribution is -0.0379. The van der Waals surface area contributed by atoms with Crippen LogP contribution in [0.25, 0.3) is 10.2 Å². The number of rotatable bonds is 4. The average Bonchev–Trinajstić information content (AvgIpc) is 3.02. The quantitative estimate of drug-likeness (QED) is 0.527. The van der Waals surface area contributed by atoms with Crippen LogP contribution in [0.1, 0.15) is 29.9 Å². The van der Waals surface area contributed by atoms with Crippen molar-refractivity contribution < 1.29 is 4.74 Å². The normalized spacial score (nSPS) is 15.6. The second-order valence-corrected chi connectivity index (χ2v) is 9.15. The zero-order chi connectivity index (χ0) is 20.8. The Bertz CT molecular complexity index is 1140. The van der Waals surface area contributed by atoms with E-state index in [-0.39, 0.29) is 11.2 Å². The molecule has 1 N–H and O–H groups in total. The number of thiophene rings is 1. The first-order chi connectivity index (χ1) is 13.7. The van der Waals surface area contributed by atoms with Crippen molar-refractivity contribution in [2.24, 2.45) is 12.1 Å². The van der Waals surface area contributed by atoms with E-state index in [0.717, 1.165) is 26.5 Å². The van der Waals surface area contributed by atoms with Crippen molar-refractivity contribution in [2.45, 2.75) is 32.5 Å². The van der Waals surface area contributed by atoms with Gasteiger partial charge in [-0.3, -0.25) is 9.36 Å². The Morgan fingerprint density at radius 2 is 2.03 bits per heavy atom. The fourth-order valence-corrected chi connectivity index (χ4v) is 4.49. The van der Waals surface area contributed by atoms with Crippen molar-refractivity contribution in [3.63, 3.8) is 0 Å². The van der Waals surface area contributed by atoms with E-state index in [1.165, 1.54) is 15.9 Å². The molecule has 1 aliphatic rings. The molecule has 0 radical (unpaired) electrons. The number of aromatic nitrogens is 2. The summed E-state index contributed by atoms with van der Waals surface area (Å²) >= 11 is 1.53. The highest BCUT2D eigenvalue weighted by Crippen LogP contribution is 2.37. The monoisotopic (exact) mass is 411 g/mol. The number of hydrogen-bond acceptors (Lipinski definition) is 7. The second-order valence-electron chi connectivity index (χ2n) is 8.06. The lowest BCUT2D eigenvalue weighted by Gasteiger charge is -2.29. The van der Waals surface area contributed by atoms with E-state index in [0.29, 0.717) is 24.4 Å². The SMILES string of the molecule is CN(C)c1ccc(/C=N/Nc2nc3sc4c(c3c(=O)n2C)CC(C)(C)OC4)cc1. The molecule has 0 aliphatic carbocycles. The van der Waals surface area contributed by atoms with Crippen LogP contribution in [0.4, 0.5) is 11.6 Å². The minimum atomic E-state index is -0.268. The van der Waals surface area contributed by atoms with E-state index >= 15 is 0 Å². The van der Waals surface area contributed by atoms with Crippen molar-refractivity contribution in [3.8, 4) is 0 Å². The van der Waals surface area contributed by atoms with Crippen LogP contribution in [-0.2, 0) is 24.8 Å². The zero-order valence-corrected chi connectivity index (χ0v) is 18.1. The van der Waals surface area contributed by atoms with Crippen LogP contribution in [0.2, 0.25) is 0 Å². The first kappa shape index (κ1) is 19.6. The number of anilines is 2. The molecule has 152 valence electrons. The van der Waals surface area contributed by atoms with Gasteiger partial charge < -0.3 is 9.64 Å². The maximum Gasteiger partial charge on any atom is 0.263 e. The Kier molecular flexibility index (Phi) is 4.92. The van der Waals surface area contributed by atoms with Gasteiger partial charge in [0, 0.05) is 38.1 Å². The molecule has 0 bridgehead atoms. The molecule has 2 aromatic heterocycles. The number of fused-ring (bicyclic) bond motifs is 3. The van der Waals surface area contributed by atoms with E-state index in [1.54, 1.807) is 13.3 Å². The Hall–Kier alpha value is -2.71. The summed E-state index contributed by atoms with van der Waals surface area (Å²) in [4.78, 5) is 21.5. The molecule has 0 unspecified atom stereocenters. The maximum absolute atomic E-state index is 13.0. The van der Waals surface area contributed by atoms with Crippen LogP contribution in [0.15, 0.2) is 34.2 Å². The molecule has 3 aromatic rings. The van der Waals surface area contributed by atoms with Gasteiger partial charge in [-0.1, -0.05) is 12.1 Å². The molecular weight excluding hydrogens is 386 g/mol. The van der Waals surface area contributed by atoms with Gasteiger partial charge in [0.25, 0.3) is 5.56 Å². The molecule has 0 spiro atoms. The van der Waals surface area contributed by atoms with Crippen LogP contribution in [0, 0.1) is 0 Å². The van der Waals surface area contributed by atoms with Crippen molar-refractivity contribution in [2.75, 3.05) is 24.4 Å². The van der Waals surface area contributed by atoms with Gasteiger partial charge in [0.05, 0.1) is 23.8 Å². The summed E-state index contributed by atoms with van der Waals surface area (Å²) in [6, 6.07) is 8.04. The number of hydrogen-bond donors (Lipinski definition) is 1. The number of nitrogens with zero attached hydrogens (tertiary/aromatic N) is 4. The lowest BCUT2D eigenvalue weighted by Crippen LogP contribution is -2.32. The van der Waals surface area contributed by atoms with Gasteiger partial charge in [0.15, 0.2) is 0 Å². The first-order valence-electron chi connectivity index (χ1n) is 9.47. The van der Waals surface area contributed by atoms with E-state index in [4.69, 9.17) is 4.74 Å². The summed E-state index contributed by atoms with van der Waals surface area (Å²) < 4.78 is 7.41. The van der Waals surface area contributed by atoms with E-state index in [1.807, 2.05) is 57.1 Å². The minimum Gasteiger partial charge on any atom is -0.378 e. The van der Waals surface area contributed by atoms with Crippen LogP contribution in [-0.4, -0.2) is 35.5 Å². The van der Waals surface area contributed by atoms with Gasteiger partial charge in [-0.2, -0.15) is 5.10 Å². The standard InChI is InChI=1S/C21H25N5O2S/c1-21(2)10-15-16(12-28-21)29-18-17(15)19(27)26(5)20(23-18)24-22-11-13-6-8-14(9-7-13)25(3)4/h6-9,11H,10,12H2,1-5H3,(H,23,24)/b22-11+. The Morgan fingerprint density at radius 1 is 1.31 bits per heavy atom. The van der Waals surface area contributed by atoms with Crippen molar-refractivity contribution in [1.82, 2.24) is 9.55 Å².